The highest BCUT2D eigenvalue weighted by Gasteiger charge is 2.10. The molecular formula is C18H22ClNO. The van der Waals surface area contributed by atoms with Gasteiger partial charge >= 0.3 is 0 Å². The van der Waals surface area contributed by atoms with E-state index in [4.69, 9.17) is 11.6 Å². The molecule has 0 aromatic heterocycles. The summed E-state index contributed by atoms with van der Waals surface area (Å²) in [6.45, 7) is 4.68. The first-order valence-electron chi connectivity index (χ1n) is 7.27. The van der Waals surface area contributed by atoms with Crippen LogP contribution in [0.15, 0.2) is 48.5 Å². The summed E-state index contributed by atoms with van der Waals surface area (Å²) in [6, 6.07) is 16.1. The molecule has 0 spiro atoms. The topological polar surface area (TPSA) is 32.3 Å². The van der Waals surface area contributed by atoms with Gasteiger partial charge in [0, 0.05) is 17.6 Å². The highest BCUT2D eigenvalue weighted by atomic mass is 35.5. The molecule has 0 saturated heterocycles. The number of aliphatic hydroxyl groups is 1. The SMILES string of the molecule is Cc1ccc([C@@H](O)CN[C@H](C)Cc2ccccc2Cl)cc1. The van der Waals surface area contributed by atoms with E-state index in [-0.39, 0.29) is 6.04 Å². The second-order valence-electron chi connectivity index (χ2n) is 5.53. The number of aryl methyl sites for hydroxylation is 1. The van der Waals surface area contributed by atoms with Gasteiger partial charge in [-0.25, -0.2) is 0 Å². The van der Waals surface area contributed by atoms with Crippen molar-refractivity contribution in [3.8, 4) is 0 Å². The van der Waals surface area contributed by atoms with Crippen molar-refractivity contribution in [2.75, 3.05) is 6.54 Å². The fourth-order valence-electron chi connectivity index (χ4n) is 2.29. The van der Waals surface area contributed by atoms with Crippen LogP contribution in [-0.2, 0) is 6.42 Å². The van der Waals surface area contributed by atoms with Gasteiger partial charge in [0.05, 0.1) is 6.10 Å². The Kier molecular flexibility index (Phi) is 5.80. The number of aliphatic hydroxyl groups excluding tert-OH is 1. The van der Waals surface area contributed by atoms with E-state index >= 15 is 0 Å². The standard InChI is InChI=1S/C18H22ClNO/c1-13-7-9-15(10-8-13)18(21)12-20-14(2)11-16-5-3-4-6-17(16)19/h3-10,14,18,20-21H,11-12H2,1-2H3/t14-,18+/m1/s1. The Bertz CT molecular complexity index is 568. The van der Waals surface area contributed by atoms with Crippen molar-refractivity contribution < 1.29 is 5.11 Å². The van der Waals surface area contributed by atoms with Gasteiger partial charge in [0.15, 0.2) is 0 Å². The molecule has 2 rings (SSSR count). The quantitative estimate of drug-likeness (QED) is 0.848. The smallest absolute Gasteiger partial charge is 0.0914 e. The molecule has 112 valence electrons. The average molecular weight is 304 g/mol. The minimum Gasteiger partial charge on any atom is -0.387 e. The molecule has 2 atom stereocenters. The van der Waals surface area contributed by atoms with E-state index in [2.05, 4.69) is 12.2 Å². The van der Waals surface area contributed by atoms with E-state index in [0.717, 1.165) is 22.6 Å². The van der Waals surface area contributed by atoms with Crippen LogP contribution < -0.4 is 5.32 Å². The molecule has 0 heterocycles. The molecule has 21 heavy (non-hydrogen) atoms. The van der Waals surface area contributed by atoms with Gasteiger partial charge in [-0.2, -0.15) is 0 Å². The van der Waals surface area contributed by atoms with Gasteiger partial charge in [0.25, 0.3) is 0 Å². The van der Waals surface area contributed by atoms with E-state index in [1.807, 2.05) is 55.5 Å². The molecule has 0 amide bonds. The first-order valence-corrected chi connectivity index (χ1v) is 7.65. The predicted molar refractivity (Wildman–Crippen MR) is 88.8 cm³/mol. The zero-order chi connectivity index (χ0) is 15.2. The third kappa shape index (κ3) is 4.85. The molecule has 0 aliphatic heterocycles. The number of benzene rings is 2. The maximum absolute atomic E-state index is 10.2. The summed E-state index contributed by atoms with van der Waals surface area (Å²) in [5, 5.41) is 14.4. The summed E-state index contributed by atoms with van der Waals surface area (Å²) in [7, 11) is 0. The fraction of sp³-hybridized carbons (Fsp3) is 0.333. The highest BCUT2D eigenvalue weighted by molar-refractivity contribution is 6.31. The maximum atomic E-state index is 10.2. The summed E-state index contributed by atoms with van der Waals surface area (Å²) in [6.07, 6.45) is 0.361. The van der Waals surface area contributed by atoms with Crippen molar-refractivity contribution >= 4 is 11.6 Å². The molecule has 3 heteroatoms. The summed E-state index contributed by atoms with van der Waals surface area (Å²) >= 11 is 6.16. The molecule has 0 radical (unpaired) electrons. The monoisotopic (exact) mass is 303 g/mol. The van der Waals surface area contributed by atoms with Crippen LogP contribution in [-0.4, -0.2) is 17.7 Å². The first-order chi connectivity index (χ1) is 10.1. The molecule has 2 nitrogen and oxygen atoms in total. The van der Waals surface area contributed by atoms with Crippen LogP contribution in [0.1, 0.15) is 29.7 Å². The fourth-order valence-corrected chi connectivity index (χ4v) is 2.50. The van der Waals surface area contributed by atoms with Gasteiger partial charge in [-0.15, -0.1) is 0 Å². The van der Waals surface area contributed by atoms with Gasteiger partial charge in [0.1, 0.15) is 0 Å². The Morgan fingerprint density at radius 2 is 1.76 bits per heavy atom. The number of halogens is 1. The van der Waals surface area contributed by atoms with Crippen molar-refractivity contribution in [2.24, 2.45) is 0 Å². The molecule has 0 unspecified atom stereocenters. The van der Waals surface area contributed by atoms with Crippen LogP contribution in [0.5, 0.6) is 0 Å². The zero-order valence-corrected chi connectivity index (χ0v) is 13.3. The van der Waals surface area contributed by atoms with Crippen LogP contribution >= 0.6 is 11.6 Å². The Labute approximate surface area is 131 Å². The van der Waals surface area contributed by atoms with Crippen LogP contribution in [0.25, 0.3) is 0 Å². The summed E-state index contributed by atoms with van der Waals surface area (Å²) < 4.78 is 0. The van der Waals surface area contributed by atoms with E-state index in [1.54, 1.807) is 0 Å². The molecule has 0 aliphatic carbocycles. The number of rotatable bonds is 6. The second-order valence-corrected chi connectivity index (χ2v) is 5.94. The van der Waals surface area contributed by atoms with Gasteiger partial charge in [0.2, 0.25) is 0 Å². The molecule has 2 N–H and O–H groups in total. The largest absolute Gasteiger partial charge is 0.387 e. The van der Waals surface area contributed by atoms with Crippen LogP contribution in [0.2, 0.25) is 5.02 Å². The Morgan fingerprint density at radius 3 is 2.43 bits per heavy atom. The minimum atomic E-state index is -0.487. The summed E-state index contributed by atoms with van der Waals surface area (Å²) in [5.74, 6) is 0. The molecule has 0 aliphatic rings. The normalized spacial score (nSPS) is 13.9. The average Bonchev–Trinajstić information content (AvgIpc) is 2.48. The van der Waals surface area contributed by atoms with E-state index in [9.17, 15) is 5.11 Å². The third-order valence-electron chi connectivity index (χ3n) is 3.61. The van der Waals surface area contributed by atoms with E-state index in [0.29, 0.717) is 6.54 Å². The Balaban J connectivity index is 1.85. The number of hydrogen-bond donors (Lipinski definition) is 2. The lowest BCUT2D eigenvalue weighted by Crippen LogP contribution is -2.32. The van der Waals surface area contributed by atoms with Crippen molar-refractivity contribution in [1.82, 2.24) is 5.32 Å². The van der Waals surface area contributed by atoms with Crippen molar-refractivity contribution in [1.29, 1.82) is 0 Å². The lowest BCUT2D eigenvalue weighted by atomic mass is 10.1. The van der Waals surface area contributed by atoms with Crippen LogP contribution in [0.4, 0.5) is 0 Å². The molecular weight excluding hydrogens is 282 g/mol. The maximum Gasteiger partial charge on any atom is 0.0914 e. The molecule has 0 fully saturated rings. The van der Waals surface area contributed by atoms with Gasteiger partial charge in [-0.3, -0.25) is 0 Å². The molecule has 2 aromatic carbocycles. The number of nitrogens with one attached hydrogen (secondary N) is 1. The second kappa shape index (κ2) is 7.60. The van der Waals surface area contributed by atoms with Crippen LogP contribution in [0.3, 0.4) is 0 Å². The van der Waals surface area contributed by atoms with Gasteiger partial charge in [-0.05, 0) is 37.5 Å². The first kappa shape index (κ1) is 16.0. The van der Waals surface area contributed by atoms with Gasteiger partial charge in [-0.1, -0.05) is 59.6 Å². The van der Waals surface area contributed by atoms with Crippen LogP contribution in [0, 0.1) is 6.92 Å². The lowest BCUT2D eigenvalue weighted by Gasteiger charge is -2.18. The summed E-state index contributed by atoms with van der Waals surface area (Å²) in [4.78, 5) is 0. The molecule has 2 aromatic rings. The van der Waals surface area contributed by atoms with E-state index < -0.39 is 6.10 Å². The van der Waals surface area contributed by atoms with E-state index in [1.165, 1.54) is 5.56 Å². The highest BCUT2D eigenvalue weighted by Crippen LogP contribution is 2.17. The number of hydrogen-bond acceptors (Lipinski definition) is 2. The third-order valence-corrected chi connectivity index (χ3v) is 3.97. The van der Waals surface area contributed by atoms with Crippen molar-refractivity contribution in [3.63, 3.8) is 0 Å². The van der Waals surface area contributed by atoms with Crippen molar-refractivity contribution in [3.05, 3.63) is 70.2 Å². The van der Waals surface area contributed by atoms with Gasteiger partial charge < -0.3 is 10.4 Å². The zero-order valence-electron chi connectivity index (χ0n) is 12.5. The molecule has 0 bridgehead atoms. The Morgan fingerprint density at radius 1 is 1.10 bits per heavy atom. The van der Waals surface area contributed by atoms with Crippen molar-refractivity contribution in [2.45, 2.75) is 32.4 Å². The predicted octanol–water partition coefficient (Wildman–Crippen LogP) is 3.90. The Hall–Kier alpha value is -1.35. The summed E-state index contributed by atoms with van der Waals surface area (Å²) in [5.41, 5.74) is 3.27. The lowest BCUT2D eigenvalue weighted by molar-refractivity contribution is 0.170. The minimum absolute atomic E-state index is 0.255. The molecule has 0 saturated carbocycles.